The van der Waals surface area contributed by atoms with Gasteiger partial charge in [-0.2, -0.15) is 0 Å². The standard InChI is InChI=1S/C18H21FN4O2/c1-13-20-7-10-23(13)16-5-4-15(19)11-14(16)12-21-17(24)6-9-22-8-2-3-18(22)25/h4-5,7,10-11H,2-3,6,8-9,12H2,1H3,(H,21,24). The summed E-state index contributed by atoms with van der Waals surface area (Å²) in [4.78, 5) is 29.5. The minimum absolute atomic E-state index is 0.107. The van der Waals surface area contributed by atoms with Crippen LogP contribution >= 0.6 is 0 Å². The van der Waals surface area contributed by atoms with Crippen molar-refractivity contribution in [2.75, 3.05) is 13.1 Å². The molecule has 2 aromatic rings. The Kier molecular flexibility index (Phi) is 5.11. The van der Waals surface area contributed by atoms with Crippen molar-refractivity contribution in [3.63, 3.8) is 0 Å². The molecule has 0 atom stereocenters. The Labute approximate surface area is 145 Å². The Bertz CT molecular complexity index is 787. The molecule has 2 heterocycles. The highest BCUT2D eigenvalue weighted by atomic mass is 19.1. The molecule has 1 fully saturated rings. The monoisotopic (exact) mass is 344 g/mol. The van der Waals surface area contributed by atoms with Crippen LogP contribution < -0.4 is 5.32 Å². The van der Waals surface area contributed by atoms with Crippen LogP contribution in [0.25, 0.3) is 5.69 Å². The van der Waals surface area contributed by atoms with Gasteiger partial charge in [0.2, 0.25) is 11.8 Å². The minimum atomic E-state index is -0.353. The van der Waals surface area contributed by atoms with Gasteiger partial charge >= 0.3 is 0 Å². The van der Waals surface area contributed by atoms with Crippen LogP contribution in [0, 0.1) is 12.7 Å². The molecule has 0 saturated carbocycles. The number of hydrogen-bond acceptors (Lipinski definition) is 3. The molecule has 1 aliphatic heterocycles. The van der Waals surface area contributed by atoms with Crippen molar-refractivity contribution in [3.8, 4) is 5.69 Å². The third-order valence-electron chi connectivity index (χ3n) is 4.38. The first kappa shape index (κ1) is 17.1. The highest BCUT2D eigenvalue weighted by molar-refractivity contribution is 5.80. The number of carbonyl (C=O) groups is 2. The average molecular weight is 344 g/mol. The van der Waals surface area contributed by atoms with Crippen LogP contribution in [0.3, 0.4) is 0 Å². The van der Waals surface area contributed by atoms with Crippen LogP contribution in [0.1, 0.15) is 30.7 Å². The highest BCUT2D eigenvalue weighted by Gasteiger charge is 2.20. The average Bonchev–Trinajstić information content (AvgIpc) is 3.19. The van der Waals surface area contributed by atoms with E-state index in [0.29, 0.717) is 18.5 Å². The van der Waals surface area contributed by atoms with Crippen molar-refractivity contribution in [2.24, 2.45) is 0 Å². The lowest BCUT2D eigenvalue weighted by atomic mass is 10.1. The van der Waals surface area contributed by atoms with Crippen LogP contribution in [0.4, 0.5) is 4.39 Å². The summed E-state index contributed by atoms with van der Waals surface area (Å²) in [6.45, 7) is 3.23. The van der Waals surface area contributed by atoms with Crippen LogP contribution in [0.5, 0.6) is 0 Å². The first-order valence-electron chi connectivity index (χ1n) is 8.38. The van der Waals surface area contributed by atoms with Gasteiger partial charge in [0.25, 0.3) is 0 Å². The summed E-state index contributed by atoms with van der Waals surface area (Å²) in [7, 11) is 0. The maximum absolute atomic E-state index is 13.6. The maximum atomic E-state index is 13.6. The largest absolute Gasteiger partial charge is 0.352 e. The van der Waals surface area contributed by atoms with E-state index >= 15 is 0 Å². The molecule has 0 aliphatic carbocycles. The Morgan fingerprint density at radius 2 is 2.24 bits per heavy atom. The van der Waals surface area contributed by atoms with Crippen LogP contribution in [-0.4, -0.2) is 39.4 Å². The topological polar surface area (TPSA) is 67.2 Å². The summed E-state index contributed by atoms with van der Waals surface area (Å²) >= 11 is 0. The number of aromatic nitrogens is 2. The SMILES string of the molecule is Cc1nccn1-c1ccc(F)cc1CNC(=O)CCN1CCCC1=O. The molecule has 3 rings (SSSR count). The van der Waals surface area contributed by atoms with Gasteiger partial charge in [0.05, 0.1) is 5.69 Å². The lowest BCUT2D eigenvalue weighted by Gasteiger charge is -2.16. The van der Waals surface area contributed by atoms with E-state index in [2.05, 4.69) is 10.3 Å². The number of rotatable bonds is 6. The number of likely N-dealkylation sites (tertiary alicyclic amines) is 1. The number of carbonyl (C=O) groups excluding carboxylic acids is 2. The number of aryl methyl sites for hydroxylation is 1. The number of benzene rings is 1. The second-order valence-electron chi connectivity index (χ2n) is 6.13. The Balaban J connectivity index is 1.62. The van der Waals surface area contributed by atoms with Gasteiger partial charge in [-0.1, -0.05) is 0 Å². The lowest BCUT2D eigenvalue weighted by Crippen LogP contribution is -2.31. The molecule has 7 heteroatoms. The molecule has 1 N–H and O–H groups in total. The van der Waals surface area contributed by atoms with Crippen molar-refractivity contribution < 1.29 is 14.0 Å². The van der Waals surface area contributed by atoms with E-state index in [-0.39, 0.29) is 30.6 Å². The molecule has 0 unspecified atom stereocenters. The molecule has 1 aliphatic rings. The summed E-state index contributed by atoms with van der Waals surface area (Å²) in [5, 5.41) is 2.81. The van der Waals surface area contributed by atoms with E-state index < -0.39 is 0 Å². The fourth-order valence-electron chi connectivity index (χ4n) is 3.02. The zero-order valence-electron chi connectivity index (χ0n) is 14.2. The fourth-order valence-corrected chi connectivity index (χ4v) is 3.02. The molecular formula is C18H21FN4O2. The van der Waals surface area contributed by atoms with Gasteiger partial charge in [0.1, 0.15) is 11.6 Å². The van der Waals surface area contributed by atoms with Gasteiger partial charge in [0, 0.05) is 44.9 Å². The van der Waals surface area contributed by atoms with Crippen LogP contribution in [0.15, 0.2) is 30.6 Å². The Hall–Kier alpha value is -2.70. The zero-order valence-corrected chi connectivity index (χ0v) is 14.2. The Morgan fingerprint density at radius 1 is 1.40 bits per heavy atom. The lowest BCUT2D eigenvalue weighted by molar-refractivity contribution is -0.128. The molecule has 1 saturated heterocycles. The van der Waals surface area contributed by atoms with Crippen LogP contribution in [0.2, 0.25) is 0 Å². The fraction of sp³-hybridized carbons (Fsp3) is 0.389. The second-order valence-corrected chi connectivity index (χ2v) is 6.13. The maximum Gasteiger partial charge on any atom is 0.222 e. The number of hydrogen-bond donors (Lipinski definition) is 1. The van der Waals surface area contributed by atoms with E-state index in [9.17, 15) is 14.0 Å². The normalized spacial score (nSPS) is 14.2. The van der Waals surface area contributed by atoms with Crippen molar-refractivity contribution in [1.82, 2.24) is 19.8 Å². The second kappa shape index (κ2) is 7.46. The summed E-state index contributed by atoms with van der Waals surface area (Å²) < 4.78 is 15.5. The van der Waals surface area contributed by atoms with Crippen molar-refractivity contribution in [3.05, 3.63) is 47.8 Å². The van der Waals surface area contributed by atoms with Crippen molar-refractivity contribution in [2.45, 2.75) is 32.7 Å². The summed E-state index contributed by atoms with van der Waals surface area (Å²) in [5.74, 6) is 0.383. The van der Waals surface area contributed by atoms with E-state index in [0.717, 1.165) is 24.5 Å². The molecule has 0 radical (unpaired) electrons. The molecule has 6 nitrogen and oxygen atoms in total. The van der Waals surface area contributed by atoms with Crippen molar-refractivity contribution >= 4 is 11.8 Å². The molecule has 1 aromatic heterocycles. The molecule has 25 heavy (non-hydrogen) atoms. The first-order valence-corrected chi connectivity index (χ1v) is 8.38. The summed E-state index contributed by atoms with van der Waals surface area (Å²) in [6.07, 6.45) is 5.15. The van der Waals surface area contributed by atoms with E-state index in [4.69, 9.17) is 0 Å². The predicted molar refractivity (Wildman–Crippen MR) is 90.5 cm³/mol. The van der Waals surface area contributed by atoms with Crippen molar-refractivity contribution in [1.29, 1.82) is 0 Å². The number of nitrogens with one attached hydrogen (secondary N) is 1. The number of halogens is 1. The molecule has 132 valence electrons. The number of nitrogens with zero attached hydrogens (tertiary/aromatic N) is 3. The summed E-state index contributed by atoms with van der Waals surface area (Å²) in [6, 6.07) is 4.48. The van der Waals surface area contributed by atoms with Gasteiger partial charge < -0.3 is 14.8 Å². The molecule has 0 bridgehead atoms. The molecule has 0 spiro atoms. The molecular weight excluding hydrogens is 323 g/mol. The van der Waals surface area contributed by atoms with Gasteiger partial charge in [-0.05, 0) is 37.1 Å². The van der Waals surface area contributed by atoms with Gasteiger partial charge in [-0.3, -0.25) is 9.59 Å². The first-order chi connectivity index (χ1) is 12.0. The van der Waals surface area contributed by atoms with Gasteiger partial charge in [-0.25, -0.2) is 9.37 Å². The van der Waals surface area contributed by atoms with Gasteiger partial charge in [-0.15, -0.1) is 0 Å². The number of amides is 2. The highest BCUT2D eigenvalue weighted by Crippen LogP contribution is 2.18. The van der Waals surface area contributed by atoms with E-state index in [1.807, 2.05) is 11.5 Å². The third kappa shape index (κ3) is 4.04. The van der Waals surface area contributed by atoms with Gasteiger partial charge in [0.15, 0.2) is 0 Å². The molecule has 2 amide bonds. The van der Waals surface area contributed by atoms with Crippen LogP contribution in [-0.2, 0) is 16.1 Å². The third-order valence-corrected chi connectivity index (χ3v) is 4.38. The predicted octanol–water partition coefficient (Wildman–Crippen LogP) is 1.95. The quantitative estimate of drug-likeness (QED) is 0.871. The zero-order chi connectivity index (χ0) is 17.8. The molecule has 1 aromatic carbocycles. The minimum Gasteiger partial charge on any atom is -0.352 e. The van der Waals surface area contributed by atoms with E-state index in [1.54, 1.807) is 23.4 Å². The number of imidazole rings is 1. The van der Waals surface area contributed by atoms with E-state index in [1.165, 1.54) is 12.1 Å². The Morgan fingerprint density at radius 3 is 2.92 bits per heavy atom. The smallest absolute Gasteiger partial charge is 0.222 e. The summed E-state index contributed by atoms with van der Waals surface area (Å²) in [5.41, 5.74) is 1.46.